The van der Waals surface area contributed by atoms with Crippen molar-refractivity contribution in [3.05, 3.63) is 217 Å². The molecule has 4 saturated carbocycles. The van der Waals surface area contributed by atoms with E-state index in [4.69, 9.17) is 4.42 Å². The fourth-order valence-corrected chi connectivity index (χ4v) is 17.3. The van der Waals surface area contributed by atoms with E-state index in [2.05, 4.69) is 215 Å². The van der Waals surface area contributed by atoms with Gasteiger partial charge in [0, 0.05) is 63.6 Å². The molecule has 4 heterocycles. The van der Waals surface area contributed by atoms with Gasteiger partial charge < -0.3 is 13.6 Å². The number of benzene rings is 10. The molecule has 0 unspecified atom stereocenters. The summed E-state index contributed by atoms with van der Waals surface area (Å²) in [5.74, 6) is 3.35. The highest BCUT2D eigenvalue weighted by molar-refractivity contribution is 7.25. The molecule has 10 aromatic carbocycles. The van der Waals surface area contributed by atoms with Crippen molar-refractivity contribution in [1.29, 1.82) is 0 Å². The number of aromatic nitrogens is 2. The molecule has 0 atom stereocenters. The highest BCUT2D eigenvalue weighted by Gasteiger charge is 2.61. The van der Waals surface area contributed by atoms with Crippen LogP contribution >= 0.6 is 11.3 Å². The monoisotopic (exact) mass is 964 g/mol. The van der Waals surface area contributed by atoms with Crippen molar-refractivity contribution in [2.24, 2.45) is 23.7 Å². The molecule has 14 aromatic rings. The standard InChI is InChI=1S/C70H48N2OS/c1-5-14-58-49(10-1)50-25-20-44(37-59(50)70(58)46-31-40-30-41(33-46)34-47(70)32-40)45-21-26-53-57-39-48(24-29-65(57)73-66(53)38-45)71-60-15-6-2-11-51(60)55-35-42(22-27-62(55)71)43-23-28-63-56(36-43)52-12-3-7-16-61(52)72(63)64-17-9-19-68-69(64)54-13-4-8-18-67(54)74-68/h1-29,35-41,46-47H,30-34H2. The van der Waals surface area contributed by atoms with Crippen LogP contribution in [0.1, 0.15) is 43.2 Å². The molecular formula is C70H48N2OS. The van der Waals surface area contributed by atoms with Crippen LogP contribution in [0.3, 0.4) is 0 Å². The Kier molecular flexibility index (Phi) is 7.91. The second-order valence-corrected chi connectivity index (χ2v) is 23.5. The maximum atomic E-state index is 6.76. The fourth-order valence-electron chi connectivity index (χ4n) is 16.2. The number of rotatable bonds is 4. The number of hydrogen-bond acceptors (Lipinski definition) is 2. The third-order valence-electron chi connectivity index (χ3n) is 18.9. The zero-order chi connectivity index (χ0) is 48.0. The predicted molar refractivity (Wildman–Crippen MR) is 309 cm³/mol. The van der Waals surface area contributed by atoms with Crippen LogP contribution < -0.4 is 0 Å². The first kappa shape index (κ1) is 40.3. The van der Waals surface area contributed by atoms with Crippen molar-refractivity contribution in [3.8, 4) is 44.8 Å². The first-order chi connectivity index (χ1) is 36.6. The molecule has 350 valence electrons. The van der Waals surface area contributed by atoms with E-state index in [9.17, 15) is 0 Å². The van der Waals surface area contributed by atoms with Crippen molar-refractivity contribution in [2.75, 3.05) is 0 Å². The minimum absolute atomic E-state index is 0.151. The molecule has 0 N–H and O–H groups in total. The van der Waals surface area contributed by atoms with E-state index < -0.39 is 0 Å². The third-order valence-corrected chi connectivity index (χ3v) is 20.0. The number of furan rings is 1. The van der Waals surface area contributed by atoms with E-state index >= 15 is 0 Å². The molecule has 3 nitrogen and oxygen atoms in total. The minimum atomic E-state index is 0.151. The van der Waals surface area contributed by atoms with Crippen LogP contribution in [-0.2, 0) is 5.41 Å². The third kappa shape index (κ3) is 5.26. The first-order valence-corrected chi connectivity index (χ1v) is 27.6. The van der Waals surface area contributed by atoms with E-state index in [0.717, 1.165) is 51.3 Å². The molecule has 4 aromatic heterocycles. The predicted octanol–water partition coefficient (Wildman–Crippen LogP) is 19.2. The lowest BCUT2D eigenvalue weighted by molar-refractivity contribution is -0.0399. The van der Waals surface area contributed by atoms with E-state index in [1.54, 1.807) is 11.1 Å². The lowest BCUT2D eigenvalue weighted by atomic mass is 9.43. The second-order valence-electron chi connectivity index (χ2n) is 22.4. The summed E-state index contributed by atoms with van der Waals surface area (Å²) in [5, 5.41) is 9.92. The van der Waals surface area contributed by atoms with Crippen molar-refractivity contribution >= 4 is 97.1 Å². The second kappa shape index (κ2) is 14.5. The average Bonchev–Trinajstić information content (AvgIpc) is 4.25. The van der Waals surface area contributed by atoms with Crippen molar-refractivity contribution in [3.63, 3.8) is 0 Å². The highest BCUT2D eigenvalue weighted by atomic mass is 32.1. The van der Waals surface area contributed by atoms with Crippen molar-refractivity contribution in [2.45, 2.75) is 37.5 Å². The van der Waals surface area contributed by atoms with Crippen LogP contribution in [0, 0.1) is 23.7 Å². The summed E-state index contributed by atoms with van der Waals surface area (Å²) in [6.45, 7) is 0. The fraction of sp³-hybridized carbons (Fsp3) is 0.143. The summed E-state index contributed by atoms with van der Waals surface area (Å²) < 4.78 is 14.3. The van der Waals surface area contributed by atoms with E-state index in [0.29, 0.717) is 0 Å². The van der Waals surface area contributed by atoms with Crippen molar-refractivity contribution in [1.82, 2.24) is 9.13 Å². The maximum Gasteiger partial charge on any atom is 0.136 e. The molecule has 4 bridgehead atoms. The normalized spacial score (nSPS) is 20.8. The van der Waals surface area contributed by atoms with Gasteiger partial charge in [-0.05, 0) is 191 Å². The Morgan fingerprint density at radius 3 is 1.76 bits per heavy atom. The van der Waals surface area contributed by atoms with Gasteiger partial charge in [-0.1, -0.05) is 115 Å². The smallest absolute Gasteiger partial charge is 0.136 e. The molecule has 1 spiro atoms. The van der Waals surface area contributed by atoms with Gasteiger partial charge in [0.25, 0.3) is 0 Å². The Balaban J connectivity index is 0.732. The van der Waals surface area contributed by atoms with E-state index in [1.807, 2.05) is 11.3 Å². The van der Waals surface area contributed by atoms with E-state index in [-0.39, 0.29) is 5.41 Å². The Hall–Kier alpha value is -8.18. The van der Waals surface area contributed by atoms with Gasteiger partial charge in [0.05, 0.1) is 27.8 Å². The number of fused-ring (bicyclic) bond motifs is 15. The lowest BCUT2D eigenvalue weighted by Crippen LogP contribution is -2.55. The molecule has 19 rings (SSSR count). The summed E-state index contributed by atoms with van der Waals surface area (Å²) in [7, 11) is 0. The molecule has 5 aliphatic rings. The summed E-state index contributed by atoms with van der Waals surface area (Å²) in [6, 6.07) is 78.0. The van der Waals surface area contributed by atoms with Gasteiger partial charge >= 0.3 is 0 Å². The summed E-state index contributed by atoms with van der Waals surface area (Å²) in [6.07, 6.45) is 7.04. The van der Waals surface area contributed by atoms with Gasteiger partial charge in [0.2, 0.25) is 0 Å². The average molecular weight is 965 g/mol. The van der Waals surface area contributed by atoms with Gasteiger partial charge in [-0.3, -0.25) is 0 Å². The van der Waals surface area contributed by atoms with Gasteiger partial charge in [0.15, 0.2) is 0 Å². The molecular weight excluding hydrogens is 917 g/mol. The first-order valence-electron chi connectivity index (χ1n) is 26.8. The largest absolute Gasteiger partial charge is 0.456 e. The summed E-state index contributed by atoms with van der Waals surface area (Å²) >= 11 is 1.87. The van der Waals surface area contributed by atoms with Crippen LogP contribution in [0.5, 0.6) is 0 Å². The Labute approximate surface area is 431 Å². The molecule has 0 saturated heterocycles. The quantitative estimate of drug-likeness (QED) is 0.172. The SMILES string of the molecule is c1ccc2c(c1)-c1ccc(-c3ccc4c(c3)oc3ccc(-n5c6ccccc6c6cc(-c7ccc8c(c7)c7ccccc7n8-c7cccc8sc9ccccc9c78)ccc65)cc34)cc1C21C2CC3CC(C2)CC1C3. The Morgan fingerprint density at radius 1 is 0.378 bits per heavy atom. The lowest BCUT2D eigenvalue weighted by Gasteiger charge is -2.61. The molecule has 0 aliphatic heterocycles. The highest BCUT2D eigenvalue weighted by Crippen LogP contribution is 2.69. The van der Waals surface area contributed by atoms with Gasteiger partial charge in [0.1, 0.15) is 11.2 Å². The topological polar surface area (TPSA) is 23.0 Å². The van der Waals surface area contributed by atoms with E-state index in [1.165, 1.54) is 135 Å². The minimum Gasteiger partial charge on any atom is -0.456 e. The molecule has 5 aliphatic carbocycles. The number of nitrogens with zero attached hydrogens (tertiary/aromatic N) is 2. The zero-order valence-corrected chi connectivity index (χ0v) is 41.5. The number of thiophene rings is 1. The van der Waals surface area contributed by atoms with Gasteiger partial charge in [-0.25, -0.2) is 0 Å². The van der Waals surface area contributed by atoms with Crippen LogP contribution in [0.15, 0.2) is 211 Å². The Morgan fingerprint density at radius 2 is 0.973 bits per heavy atom. The van der Waals surface area contributed by atoms with Gasteiger partial charge in [-0.15, -0.1) is 11.3 Å². The zero-order valence-electron chi connectivity index (χ0n) is 40.7. The summed E-state index contributed by atoms with van der Waals surface area (Å²) in [4.78, 5) is 0. The van der Waals surface area contributed by atoms with Crippen LogP contribution in [0.4, 0.5) is 0 Å². The van der Waals surface area contributed by atoms with Crippen LogP contribution in [0.25, 0.3) is 130 Å². The molecule has 4 fully saturated rings. The maximum absolute atomic E-state index is 6.76. The Bertz CT molecular complexity index is 4740. The van der Waals surface area contributed by atoms with Crippen molar-refractivity contribution < 1.29 is 4.42 Å². The molecule has 74 heavy (non-hydrogen) atoms. The van der Waals surface area contributed by atoms with Crippen LogP contribution in [0.2, 0.25) is 0 Å². The number of hydrogen-bond donors (Lipinski definition) is 0. The molecule has 4 heteroatoms. The molecule has 0 amide bonds. The molecule has 0 radical (unpaired) electrons. The van der Waals surface area contributed by atoms with Crippen LogP contribution in [-0.4, -0.2) is 9.13 Å². The van der Waals surface area contributed by atoms with Gasteiger partial charge in [-0.2, -0.15) is 0 Å². The summed E-state index contributed by atoms with van der Waals surface area (Å²) in [5.41, 5.74) is 20.3. The number of para-hydroxylation sites is 2.